The summed E-state index contributed by atoms with van der Waals surface area (Å²) in [7, 11) is -3.02. The van der Waals surface area contributed by atoms with Crippen molar-refractivity contribution in [1.29, 1.82) is 0 Å². The van der Waals surface area contributed by atoms with Crippen molar-refractivity contribution in [3.05, 3.63) is 34.9 Å². The van der Waals surface area contributed by atoms with Gasteiger partial charge in [-0.2, -0.15) is 0 Å². The Morgan fingerprint density at radius 3 is 2.65 bits per heavy atom. The molecule has 0 amide bonds. The molecule has 0 aromatic heterocycles. The highest BCUT2D eigenvalue weighted by atomic mass is 35.5. The molecule has 94 valence electrons. The molecule has 1 aliphatic carbocycles. The van der Waals surface area contributed by atoms with Gasteiger partial charge < -0.3 is 5.73 Å². The number of nitrogens with two attached hydrogens (primary N) is 1. The van der Waals surface area contributed by atoms with E-state index in [4.69, 9.17) is 17.3 Å². The quantitative estimate of drug-likeness (QED) is 0.910. The zero-order valence-electron chi connectivity index (χ0n) is 9.64. The average Bonchev–Trinajstić information content (AvgIpc) is 3.04. The summed E-state index contributed by atoms with van der Waals surface area (Å²) >= 11 is 5.92. The first kappa shape index (κ1) is 12.9. The van der Waals surface area contributed by atoms with Gasteiger partial charge in [-0.1, -0.05) is 30.7 Å². The molecular formula is C12H16ClNO2S. The number of benzene rings is 1. The predicted molar refractivity (Wildman–Crippen MR) is 70.0 cm³/mol. The molecule has 5 heteroatoms. The lowest BCUT2D eigenvalue weighted by Crippen LogP contribution is -2.15. The maximum absolute atomic E-state index is 11.9. The summed E-state index contributed by atoms with van der Waals surface area (Å²) in [5.41, 5.74) is 6.63. The van der Waals surface area contributed by atoms with Gasteiger partial charge in [0.1, 0.15) is 0 Å². The molecule has 2 rings (SSSR count). The van der Waals surface area contributed by atoms with Crippen LogP contribution in [0.2, 0.25) is 5.02 Å². The second-order valence-electron chi connectivity index (χ2n) is 4.40. The third kappa shape index (κ3) is 2.34. The largest absolute Gasteiger partial charge is 0.330 e. The van der Waals surface area contributed by atoms with Gasteiger partial charge in [0, 0.05) is 16.7 Å². The lowest BCUT2D eigenvalue weighted by atomic mass is 10.1. The normalized spacial score (nSPS) is 28.1. The van der Waals surface area contributed by atoms with Crippen molar-refractivity contribution in [2.24, 2.45) is 11.7 Å². The van der Waals surface area contributed by atoms with Gasteiger partial charge in [0.25, 0.3) is 0 Å². The summed E-state index contributed by atoms with van der Waals surface area (Å²) in [6.07, 6.45) is 0. The number of rotatable bonds is 4. The fourth-order valence-corrected chi connectivity index (χ4v) is 4.57. The van der Waals surface area contributed by atoms with E-state index in [1.54, 1.807) is 13.0 Å². The topological polar surface area (TPSA) is 60.2 Å². The van der Waals surface area contributed by atoms with Gasteiger partial charge in [-0.15, -0.1) is 0 Å². The van der Waals surface area contributed by atoms with Crippen molar-refractivity contribution in [2.75, 3.05) is 12.3 Å². The Bertz CT molecular complexity index is 515. The molecule has 3 nitrogen and oxygen atoms in total. The van der Waals surface area contributed by atoms with Crippen LogP contribution in [0.15, 0.2) is 24.3 Å². The minimum Gasteiger partial charge on any atom is -0.330 e. The summed E-state index contributed by atoms with van der Waals surface area (Å²) in [5, 5.41) is 0.314. The first-order chi connectivity index (χ1) is 8.01. The van der Waals surface area contributed by atoms with Crippen LogP contribution in [0.25, 0.3) is 0 Å². The van der Waals surface area contributed by atoms with Crippen LogP contribution in [0.1, 0.15) is 18.4 Å². The zero-order valence-corrected chi connectivity index (χ0v) is 11.2. The Kier molecular flexibility index (Phi) is 3.48. The van der Waals surface area contributed by atoms with Crippen LogP contribution in [0.4, 0.5) is 0 Å². The lowest BCUT2D eigenvalue weighted by Gasteiger charge is -2.01. The van der Waals surface area contributed by atoms with Gasteiger partial charge in [0.2, 0.25) is 0 Å². The highest BCUT2D eigenvalue weighted by molar-refractivity contribution is 7.92. The Hall–Kier alpha value is -0.580. The molecule has 1 aliphatic rings. The smallest absolute Gasteiger partial charge is 0.153 e. The highest BCUT2D eigenvalue weighted by Gasteiger charge is 2.56. The first-order valence-electron chi connectivity index (χ1n) is 5.68. The van der Waals surface area contributed by atoms with E-state index in [1.165, 1.54) is 0 Å². The predicted octanol–water partition coefficient (Wildman–Crippen LogP) is 1.82. The molecule has 0 radical (unpaired) electrons. The minimum atomic E-state index is -3.02. The molecule has 0 saturated heterocycles. The third-order valence-electron chi connectivity index (χ3n) is 3.42. The SMILES string of the molecule is CCS(=O)(=O)[C@@H]1[C@@H](CN)[C@H]1c1cccc(Cl)c1. The van der Waals surface area contributed by atoms with E-state index in [9.17, 15) is 8.42 Å². The molecule has 17 heavy (non-hydrogen) atoms. The Morgan fingerprint density at radius 2 is 2.12 bits per heavy atom. The Morgan fingerprint density at radius 1 is 1.41 bits per heavy atom. The van der Waals surface area contributed by atoms with Gasteiger partial charge in [0.15, 0.2) is 9.84 Å². The van der Waals surface area contributed by atoms with Crippen LogP contribution in [0, 0.1) is 5.92 Å². The van der Waals surface area contributed by atoms with Crippen molar-refractivity contribution < 1.29 is 8.42 Å². The van der Waals surface area contributed by atoms with Crippen molar-refractivity contribution >= 4 is 21.4 Å². The molecule has 0 spiro atoms. The van der Waals surface area contributed by atoms with E-state index in [0.29, 0.717) is 11.6 Å². The molecular weight excluding hydrogens is 258 g/mol. The Labute approximate surface area is 107 Å². The van der Waals surface area contributed by atoms with Gasteiger partial charge in [0.05, 0.1) is 5.25 Å². The van der Waals surface area contributed by atoms with Gasteiger partial charge in [-0.05, 0) is 30.2 Å². The van der Waals surface area contributed by atoms with Crippen molar-refractivity contribution in [3.8, 4) is 0 Å². The minimum absolute atomic E-state index is 0.0173. The molecule has 0 heterocycles. The average molecular weight is 274 g/mol. The maximum atomic E-state index is 11.9. The van der Waals surface area contributed by atoms with E-state index in [2.05, 4.69) is 0 Å². The van der Waals surface area contributed by atoms with Crippen molar-refractivity contribution in [2.45, 2.75) is 18.1 Å². The van der Waals surface area contributed by atoms with Gasteiger partial charge in [-0.25, -0.2) is 8.42 Å². The molecule has 0 bridgehead atoms. The van der Waals surface area contributed by atoms with E-state index in [-0.39, 0.29) is 22.8 Å². The third-order valence-corrected chi connectivity index (χ3v) is 5.93. The fraction of sp³-hybridized carbons (Fsp3) is 0.500. The standard InChI is InChI=1S/C12H16ClNO2S/c1-2-17(15,16)12-10(7-14)11(12)8-4-3-5-9(13)6-8/h3-6,10-12H,2,7,14H2,1H3/t10-,11+,12+/m0/s1. The number of halogens is 1. The van der Waals surface area contributed by atoms with Gasteiger partial charge >= 0.3 is 0 Å². The number of hydrogen-bond acceptors (Lipinski definition) is 3. The summed E-state index contributed by atoms with van der Waals surface area (Å²) in [5.74, 6) is 0.229. The van der Waals surface area contributed by atoms with E-state index in [0.717, 1.165) is 5.56 Å². The molecule has 3 atom stereocenters. The molecule has 1 aromatic carbocycles. The monoisotopic (exact) mass is 273 g/mol. The van der Waals surface area contributed by atoms with E-state index < -0.39 is 9.84 Å². The molecule has 1 aromatic rings. The zero-order chi connectivity index (χ0) is 12.6. The lowest BCUT2D eigenvalue weighted by molar-refractivity contribution is 0.593. The van der Waals surface area contributed by atoms with E-state index >= 15 is 0 Å². The van der Waals surface area contributed by atoms with Gasteiger partial charge in [-0.3, -0.25) is 0 Å². The molecule has 0 unspecified atom stereocenters. The molecule has 0 aliphatic heterocycles. The first-order valence-corrected chi connectivity index (χ1v) is 7.77. The van der Waals surface area contributed by atoms with Crippen molar-refractivity contribution in [3.63, 3.8) is 0 Å². The fourth-order valence-electron chi connectivity index (χ4n) is 2.46. The van der Waals surface area contributed by atoms with Crippen LogP contribution in [0.5, 0.6) is 0 Å². The van der Waals surface area contributed by atoms with Crippen LogP contribution in [-0.2, 0) is 9.84 Å². The van der Waals surface area contributed by atoms with Crippen molar-refractivity contribution in [1.82, 2.24) is 0 Å². The van der Waals surface area contributed by atoms with Crippen LogP contribution in [-0.4, -0.2) is 26.0 Å². The second-order valence-corrected chi connectivity index (χ2v) is 7.28. The van der Waals surface area contributed by atoms with Crippen LogP contribution < -0.4 is 5.73 Å². The molecule has 2 N–H and O–H groups in total. The number of sulfone groups is 1. The number of hydrogen-bond donors (Lipinski definition) is 1. The summed E-state index contributed by atoms with van der Waals surface area (Å²) in [4.78, 5) is 0. The summed E-state index contributed by atoms with van der Waals surface area (Å²) < 4.78 is 23.8. The maximum Gasteiger partial charge on any atom is 0.153 e. The Balaban J connectivity index is 2.29. The highest BCUT2D eigenvalue weighted by Crippen LogP contribution is 2.52. The summed E-state index contributed by atoms with van der Waals surface area (Å²) in [6, 6.07) is 7.39. The van der Waals surface area contributed by atoms with E-state index in [1.807, 2.05) is 18.2 Å². The second kappa shape index (κ2) is 4.59. The van der Waals surface area contributed by atoms with Crippen LogP contribution in [0.3, 0.4) is 0 Å². The molecule has 1 fully saturated rings. The summed E-state index contributed by atoms with van der Waals surface area (Å²) in [6.45, 7) is 2.08. The molecule has 1 saturated carbocycles. The van der Waals surface area contributed by atoms with Crippen LogP contribution >= 0.6 is 11.6 Å².